The van der Waals surface area contributed by atoms with E-state index >= 15 is 0 Å². The highest BCUT2D eigenvalue weighted by atomic mass is 16.6. The molecule has 0 bridgehead atoms. The molecule has 1 saturated heterocycles. The van der Waals surface area contributed by atoms with Gasteiger partial charge in [-0.1, -0.05) is 0 Å². The minimum absolute atomic E-state index is 0.373. The molecule has 0 aromatic rings. The SMILES string of the molecule is CN(C(=O)OC(C)(C)C)C1(C(N)=O)CNC1. The monoisotopic (exact) mass is 229 g/mol. The summed E-state index contributed by atoms with van der Waals surface area (Å²) in [6.07, 6.45) is -0.534. The Balaban J connectivity index is 2.73. The second-order valence-electron chi connectivity index (χ2n) is 5.04. The van der Waals surface area contributed by atoms with E-state index in [2.05, 4.69) is 5.32 Å². The van der Waals surface area contributed by atoms with Crippen LogP contribution in [0.25, 0.3) is 0 Å². The first-order valence-corrected chi connectivity index (χ1v) is 5.16. The van der Waals surface area contributed by atoms with E-state index in [0.717, 1.165) is 0 Å². The highest BCUT2D eigenvalue weighted by Gasteiger charge is 2.49. The molecule has 0 aromatic heterocycles. The van der Waals surface area contributed by atoms with Crippen molar-refractivity contribution in [3.05, 3.63) is 0 Å². The molecule has 0 atom stereocenters. The van der Waals surface area contributed by atoms with Crippen molar-refractivity contribution in [2.45, 2.75) is 31.9 Å². The zero-order valence-electron chi connectivity index (χ0n) is 10.2. The third-order valence-corrected chi connectivity index (χ3v) is 2.60. The Morgan fingerprint density at radius 1 is 1.38 bits per heavy atom. The highest BCUT2D eigenvalue weighted by molar-refractivity contribution is 5.90. The predicted molar refractivity (Wildman–Crippen MR) is 58.8 cm³/mol. The van der Waals surface area contributed by atoms with Gasteiger partial charge in [0.1, 0.15) is 11.1 Å². The molecule has 2 amide bonds. The lowest BCUT2D eigenvalue weighted by Gasteiger charge is -2.46. The number of nitrogens with two attached hydrogens (primary N) is 1. The number of hydrogen-bond acceptors (Lipinski definition) is 4. The summed E-state index contributed by atoms with van der Waals surface area (Å²) in [5, 5.41) is 2.93. The number of primary amides is 1. The van der Waals surface area contributed by atoms with E-state index in [-0.39, 0.29) is 0 Å². The zero-order valence-corrected chi connectivity index (χ0v) is 10.2. The van der Waals surface area contributed by atoms with Crippen LogP contribution in [0.15, 0.2) is 0 Å². The number of amides is 2. The Bertz CT molecular complexity index is 305. The largest absolute Gasteiger partial charge is 0.444 e. The van der Waals surface area contributed by atoms with Crippen LogP contribution in [0.1, 0.15) is 20.8 Å². The van der Waals surface area contributed by atoms with Gasteiger partial charge in [-0.2, -0.15) is 0 Å². The molecule has 92 valence electrons. The number of carbonyl (C=O) groups excluding carboxylic acids is 2. The molecule has 1 fully saturated rings. The van der Waals surface area contributed by atoms with Crippen molar-refractivity contribution in [2.24, 2.45) is 5.73 Å². The number of hydrogen-bond donors (Lipinski definition) is 2. The van der Waals surface area contributed by atoms with Crippen molar-refractivity contribution in [1.29, 1.82) is 0 Å². The van der Waals surface area contributed by atoms with E-state index in [4.69, 9.17) is 10.5 Å². The topological polar surface area (TPSA) is 84.7 Å². The normalized spacial score (nSPS) is 18.5. The molecule has 0 saturated carbocycles. The molecule has 1 aliphatic rings. The molecule has 6 nitrogen and oxygen atoms in total. The average molecular weight is 229 g/mol. The maximum atomic E-state index is 11.8. The molecule has 3 N–H and O–H groups in total. The smallest absolute Gasteiger partial charge is 0.411 e. The van der Waals surface area contributed by atoms with Gasteiger partial charge in [-0.15, -0.1) is 0 Å². The van der Waals surface area contributed by atoms with Gasteiger partial charge >= 0.3 is 6.09 Å². The third kappa shape index (κ3) is 2.27. The van der Waals surface area contributed by atoms with Gasteiger partial charge in [-0.3, -0.25) is 9.69 Å². The lowest BCUT2D eigenvalue weighted by atomic mass is 9.90. The molecular weight excluding hydrogens is 210 g/mol. The second-order valence-corrected chi connectivity index (χ2v) is 5.04. The van der Waals surface area contributed by atoms with Crippen LogP contribution in [0.5, 0.6) is 0 Å². The standard InChI is InChI=1S/C10H19N3O3/c1-9(2,3)16-8(15)13(4)10(7(11)14)5-12-6-10/h12H,5-6H2,1-4H3,(H2,11,14). The van der Waals surface area contributed by atoms with Crippen LogP contribution in [0.4, 0.5) is 4.79 Å². The highest BCUT2D eigenvalue weighted by Crippen LogP contribution is 2.21. The fourth-order valence-electron chi connectivity index (χ4n) is 1.44. The molecule has 1 heterocycles. The van der Waals surface area contributed by atoms with Gasteiger partial charge in [0.25, 0.3) is 0 Å². The maximum Gasteiger partial charge on any atom is 0.411 e. The molecule has 0 aromatic carbocycles. The average Bonchev–Trinajstić information content (AvgIpc) is 1.97. The first kappa shape index (κ1) is 12.8. The molecule has 16 heavy (non-hydrogen) atoms. The van der Waals surface area contributed by atoms with E-state index in [1.807, 2.05) is 0 Å². The van der Waals surface area contributed by atoms with Crippen molar-refractivity contribution in [3.8, 4) is 0 Å². The molecular formula is C10H19N3O3. The molecule has 6 heteroatoms. The van der Waals surface area contributed by atoms with Crippen molar-refractivity contribution >= 4 is 12.0 Å². The number of carbonyl (C=O) groups is 2. The Kier molecular flexibility index (Phi) is 3.14. The number of nitrogens with zero attached hydrogens (tertiary/aromatic N) is 1. The molecule has 0 spiro atoms. The Hall–Kier alpha value is -1.30. The first-order chi connectivity index (χ1) is 7.19. The van der Waals surface area contributed by atoms with E-state index in [1.165, 1.54) is 11.9 Å². The molecule has 0 radical (unpaired) electrons. The van der Waals surface area contributed by atoms with Crippen LogP contribution >= 0.6 is 0 Å². The summed E-state index contributed by atoms with van der Waals surface area (Å²) < 4.78 is 5.18. The Morgan fingerprint density at radius 2 is 1.88 bits per heavy atom. The minimum Gasteiger partial charge on any atom is -0.444 e. The summed E-state index contributed by atoms with van der Waals surface area (Å²) in [6.45, 7) is 6.06. The summed E-state index contributed by atoms with van der Waals surface area (Å²) in [6, 6.07) is 0. The fraction of sp³-hybridized carbons (Fsp3) is 0.800. The van der Waals surface area contributed by atoms with Gasteiger partial charge in [0.05, 0.1) is 0 Å². The molecule has 0 unspecified atom stereocenters. The number of likely N-dealkylation sites (N-methyl/N-ethyl adjacent to an activating group) is 1. The van der Waals surface area contributed by atoms with Gasteiger partial charge in [0.15, 0.2) is 0 Å². The van der Waals surface area contributed by atoms with Crippen LogP contribution in [-0.2, 0) is 9.53 Å². The quantitative estimate of drug-likeness (QED) is 0.679. The fourth-order valence-corrected chi connectivity index (χ4v) is 1.44. The van der Waals surface area contributed by atoms with Crippen LogP contribution in [-0.4, -0.2) is 48.2 Å². The summed E-state index contributed by atoms with van der Waals surface area (Å²) in [7, 11) is 1.53. The van der Waals surface area contributed by atoms with Crippen LogP contribution in [0.3, 0.4) is 0 Å². The van der Waals surface area contributed by atoms with Gasteiger partial charge in [-0.25, -0.2) is 4.79 Å². The van der Waals surface area contributed by atoms with E-state index < -0.39 is 23.1 Å². The summed E-state index contributed by atoms with van der Waals surface area (Å²) in [4.78, 5) is 24.4. The van der Waals surface area contributed by atoms with Gasteiger partial charge in [-0.05, 0) is 20.8 Å². The Morgan fingerprint density at radius 3 is 2.12 bits per heavy atom. The summed E-state index contributed by atoms with van der Waals surface area (Å²) >= 11 is 0. The number of nitrogens with one attached hydrogen (secondary N) is 1. The van der Waals surface area contributed by atoms with E-state index in [0.29, 0.717) is 13.1 Å². The lowest BCUT2D eigenvalue weighted by molar-refractivity contribution is -0.132. The molecule has 1 aliphatic heterocycles. The van der Waals surface area contributed by atoms with E-state index in [9.17, 15) is 9.59 Å². The van der Waals surface area contributed by atoms with Gasteiger partial charge < -0.3 is 15.8 Å². The van der Waals surface area contributed by atoms with Crippen LogP contribution in [0.2, 0.25) is 0 Å². The van der Waals surface area contributed by atoms with Crippen molar-refractivity contribution in [1.82, 2.24) is 10.2 Å². The second kappa shape index (κ2) is 3.93. The number of ether oxygens (including phenoxy) is 1. The number of rotatable bonds is 2. The van der Waals surface area contributed by atoms with E-state index in [1.54, 1.807) is 20.8 Å². The van der Waals surface area contributed by atoms with Gasteiger partial charge in [0.2, 0.25) is 5.91 Å². The minimum atomic E-state index is -0.942. The summed E-state index contributed by atoms with van der Waals surface area (Å²) in [5.41, 5.74) is 3.78. The maximum absolute atomic E-state index is 11.8. The van der Waals surface area contributed by atoms with Crippen molar-refractivity contribution < 1.29 is 14.3 Å². The van der Waals surface area contributed by atoms with Crippen molar-refractivity contribution in [3.63, 3.8) is 0 Å². The van der Waals surface area contributed by atoms with Gasteiger partial charge in [0, 0.05) is 20.1 Å². The third-order valence-electron chi connectivity index (χ3n) is 2.60. The zero-order chi connectivity index (χ0) is 12.6. The van der Waals surface area contributed by atoms with Crippen LogP contribution < -0.4 is 11.1 Å². The van der Waals surface area contributed by atoms with Crippen molar-refractivity contribution in [2.75, 3.05) is 20.1 Å². The van der Waals surface area contributed by atoms with Crippen LogP contribution in [0, 0.1) is 0 Å². The first-order valence-electron chi connectivity index (χ1n) is 5.16. The molecule has 1 rings (SSSR count). The predicted octanol–water partition coefficient (Wildman–Crippen LogP) is -0.319. The lowest BCUT2D eigenvalue weighted by Crippen LogP contribution is -2.75. The summed E-state index contributed by atoms with van der Waals surface area (Å²) in [5.74, 6) is -0.514. The Labute approximate surface area is 95.1 Å². The molecule has 0 aliphatic carbocycles.